The number of carbonyl (C=O) groups excluding carboxylic acids is 1. The Balaban J connectivity index is 1.65. The second kappa shape index (κ2) is 8.52. The molecule has 4 nitrogen and oxygen atoms in total. The van der Waals surface area contributed by atoms with Crippen molar-refractivity contribution in [2.45, 2.75) is 18.0 Å². The summed E-state index contributed by atoms with van der Waals surface area (Å²) in [6.45, 7) is 2.12. The maximum atomic E-state index is 12.9. The molecule has 1 N–H and O–H groups in total. The lowest BCUT2D eigenvalue weighted by Gasteiger charge is -2.10. The molecule has 0 radical (unpaired) electrons. The third-order valence-corrected chi connectivity index (χ3v) is 5.09. The Bertz CT molecular complexity index is 955. The Morgan fingerprint density at radius 3 is 2.61 bits per heavy atom. The van der Waals surface area contributed by atoms with E-state index in [1.54, 1.807) is 18.7 Å². The predicted octanol–water partition coefficient (Wildman–Crippen LogP) is 4.72. The van der Waals surface area contributed by atoms with E-state index >= 15 is 0 Å². The van der Waals surface area contributed by atoms with E-state index in [0.29, 0.717) is 23.6 Å². The van der Waals surface area contributed by atoms with Gasteiger partial charge in [0.2, 0.25) is 0 Å². The zero-order valence-corrected chi connectivity index (χ0v) is 15.8. The van der Waals surface area contributed by atoms with Gasteiger partial charge in [-0.05, 0) is 37.3 Å². The van der Waals surface area contributed by atoms with Gasteiger partial charge in [-0.25, -0.2) is 4.68 Å². The van der Waals surface area contributed by atoms with Gasteiger partial charge in [0, 0.05) is 17.2 Å². The summed E-state index contributed by atoms with van der Waals surface area (Å²) in [6.07, 6.45) is -3.07. The lowest BCUT2D eigenvalue weighted by atomic mass is 10.2. The molecule has 1 aromatic heterocycles. The molecule has 0 fully saturated rings. The Morgan fingerprint density at radius 2 is 1.89 bits per heavy atom. The van der Waals surface area contributed by atoms with Gasteiger partial charge in [-0.3, -0.25) is 4.79 Å². The van der Waals surface area contributed by atoms with Crippen LogP contribution in [0.1, 0.15) is 21.6 Å². The number of halogens is 3. The average Bonchev–Trinajstić information content (AvgIpc) is 3.07. The zero-order valence-electron chi connectivity index (χ0n) is 15.0. The van der Waals surface area contributed by atoms with Gasteiger partial charge in [0.05, 0.1) is 28.7 Å². The van der Waals surface area contributed by atoms with E-state index in [1.807, 2.05) is 30.3 Å². The van der Waals surface area contributed by atoms with E-state index in [9.17, 15) is 18.0 Å². The minimum Gasteiger partial charge on any atom is -0.351 e. The third kappa shape index (κ3) is 4.75. The number of thioether (sulfide) groups is 1. The van der Waals surface area contributed by atoms with Crippen LogP contribution in [0, 0.1) is 6.92 Å². The van der Waals surface area contributed by atoms with Crippen LogP contribution in [-0.4, -0.2) is 28.0 Å². The van der Waals surface area contributed by atoms with Crippen LogP contribution in [0.15, 0.2) is 65.7 Å². The first-order valence-corrected chi connectivity index (χ1v) is 9.53. The highest BCUT2D eigenvalue weighted by Crippen LogP contribution is 2.30. The Morgan fingerprint density at radius 1 is 1.14 bits per heavy atom. The van der Waals surface area contributed by atoms with Gasteiger partial charge < -0.3 is 5.32 Å². The number of nitrogens with one attached hydrogen (secondary N) is 1. The molecule has 0 aliphatic carbocycles. The molecule has 0 saturated carbocycles. The van der Waals surface area contributed by atoms with Crippen molar-refractivity contribution in [3.63, 3.8) is 0 Å². The molecule has 0 bridgehead atoms. The summed E-state index contributed by atoms with van der Waals surface area (Å²) in [5.41, 5.74) is 0.310. The topological polar surface area (TPSA) is 46.9 Å². The van der Waals surface area contributed by atoms with Crippen LogP contribution in [-0.2, 0) is 6.18 Å². The van der Waals surface area contributed by atoms with E-state index in [1.165, 1.54) is 23.0 Å². The maximum Gasteiger partial charge on any atom is 0.416 e. The largest absolute Gasteiger partial charge is 0.416 e. The smallest absolute Gasteiger partial charge is 0.351 e. The number of aromatic nitrogens is 2. The van der Waals surface area contributed by atoms with E-state index in [0.717, 1.165) is 17.0 Å². The molecule has 0 aliphatic rings. The van der Waals surface area contributed by atoms with Crippen LogP contribution in [0.2, 0.25) is 0 Å². The van der Waals surface area contributed by atoms with E-state index in [2.05, 4.69) is 10.4 Å². The number of hydrogen-bond donors (Lipinski definition) is 1. The Kier molecular flexibility index (Phi) is 6.08. The van der Waals surface area contributed by atoms with Crippen molar-refractivity contribution in [1.29, 1.82) is 0 Å². The van der Waals surface area contributed by atoms with Gasteiger partial charge in [0.25, 0.3) is 5.91 Å². The summed E-state index contributed by atoms with van der Waals surface area (Å²) < 4.78 is 40.1. The molecule has 3 rings (SSSR count). The zero-order chi connectivity index (χ0) is 20.1. The third-order valence-electron chi connectivity index (χ3n) is 4.07. The standard InChI is InChI=1S/C20H18F3N3OS/c1-14-18(19(27)24-10-11-28-17-8-3-2-4-9-17)13-25-26(14)16-7-5-6-15(12-16)20(21,22)23/h2-9,12-13H,10-11H2,1H3,(H,24,27). The van der Waals surface area contributed by atoms with Crippen molar-refractivity contribution in [1.82, 2.24) is 15.1 Å². The van der Waals surface area contributed by atoms with Crippen molar-refractivity contribution >= 4 is 17.7 Å². The summed E-state index contributed by atoms with van der Waals surface area (Å²) in [7, 11) is 0. The van der Waals surface area contributed by atoms with E-state index in [-0.39, 0.29) is 11.6 Å². The minimum absolute atomic E-state index is 0.256. The molecule has 0 aliphatic heterocycles. The molecule has 8 heteroatoms. The SMILES string of the molecule is Cc1c(C(=O)NCCSc2ccccc2)cnn1-c1cccc(C(F)(F)F)c1. The van der Waals surface area contributed by atoms with Gasteiger partial charge in [-0.2, -0.15) is 18.3 Å². The van der Waals surface area contributed by atoms with Crippen molar-refractivity contribution in [3.8, 4) is 5.69 Å². The monoisotopic (exact) mass is 405 g/mol. The average molecular weight is 405 g/mol. The number of benzene rings is 2. The van der Waals surface area contributed by atoms with Gasteiger partial charge in [-0.15, -0.1) is 11.8 Å². The first-order chi connectivity index (χ1) is 13.4. The van der Waals surface area contributed by atoms with Crippen LogP contribution >= 0.6 is 11.8 Å². The van der Waals surface area contributed by atoms with Crippen molar-refractivity contribution in [2.24, 2.45) is 0 Å². The Hall–Kier alpha value is -2.74. The van der Waals surface area contributed by atoms with Crippen molar-refractivity contribution < 1.29 is 18.0 Å². The van der Waals surface area contributed by atoms with Crippen molar-refractivity contribution in [3.05, 3.63) is 77.6 Å². The van der Waals surface area contributed by atoms with Crippen LogP contribution in [0.5, 0.6) is 0 Å². The lowest BCUT2D eigenvalue weighted by Crippen LogP contribution is -2.26. The lowest BCUT2D eigenvalue weighted by molar-refractivity contribution is -0.137. The highest BCUT2D eigenvalue weighted by Gasteiger charge is 2.30. The van der Waals surface area contributed by atoms with Crippen LogP contribution in [0.25, 0.3) is 5.69 Å². The molecule has 3 aromatic rings. The summed E-state index contributed by atoms with van der Waals surface area (Å²) in [4.78, 5) is 13.5. The fourth-order valence-electron chi connectivity index (χ4n) is 2.65. The number of alkyl halides is 3. The number of hydrogen-bond acceptors (Lipinski definition) is 3. The van der Waals surface area contributed by atoms with Gasteiger partial charge in [-0.1, -0.05) is 24.3 Å². The second-order valence-electron chi connectivity index (χ2n) is 6.02. The second-order valence-corrected chi connectivity index (χ2v) is 7.19. The molecule has 146 valence electrons. The quantitative estimate of drug-likeness (QED) is 0.477. The molecule has 1 amide bonds. The molecule has 0 spiro atoms. The molecule has 2 aromatic carbocycles. The van der Waals surface area contributed by atoms with Gasteiger partial charge in [0.15, 0.2) is 0 Å². The maximum absolute atomic E-state index is 12.9. The van der Waals surface area contributed by atoms with Crippen LogP contribution in [0.3, 0.4) is 0 Å². The molecular weight excluding hydrogens is 387 g/mol. The predicted molar refractivity (Wildman–Crippen MR) is 103 cm³/mol. The summed E-state index contributed by atoms with van der Waals surface area (Å²) >= 11 is 1.63. The summed E-state index contributed by atoms with van der Waals surface area (Å²) in [6, 6.07) is 14.7. The number of carbonyl (C=O) groups is 1. The van der Waals surface area contributed by atoms with Crippen molar-refractivity contribution in [2.75, 3.05) is 12.3 Å². The Labute approximate surface area is 164 Å². The number of rotatable bonds is 6. The number of amides is 1. The van der Waals surface area contributed by atoms with Gasteiger partial charge in [0.1, 0.15) is 0 Å². The molecule has 1 heterocycles. The molecule has 0 unspecified atom stereocenters. The molecule has 0 atom stereocenters. The minimum atomic E-state index is -4.44. The highest BCUT2D eigenvalue weighted by molar-refractivity contribution is 7.99. The first-order valence-electron chi connectivity index (χ1n) is 8.54. The van der Waals surface area contributed by atoms with E-state index < -0.39 is 11.7 Å². The van der Waals surface area contributed by atoms with Crippen LogP contribution in [0.4, 0.5) is 13.2 Å². The van der Waals surface area contributed by atoms with E-state index in [4.69, 9.17) is 0 Å². The summed E-state index contributed by atoms with van der Waals surface area (Å²) in [5, 5.41) is 6.91. The molecule has 28 heavy (non-hydrogen) atoms. The highest BCUT2D eigenvalue weighted by atomic mass is 32.2. The normalized spacial score (nSPS) is 11.4. The number of nitrogens with zero attached hydrogens (tertiary/aromatic N) is 2. The first kappa shape index (κ1) is 20.0. The molecule has 0 saturated heterocycles. The van der Waals surface area contributed by atoms with Gasteiger partial charge >= 0.3 is 6.18 Å². The molecular formula is C20H18F3N3OS. The fourth-order valence-corrected chi connectivity index (χ4v) is 3.44. The summed E-state index contributed by atoms with van der Waals surface area (Å²) in [5.74, 6) is 0.403. The van der Waals surface area contributed by atoms with Crippen LogP contribution < -0.4 is 5.32 Å². The fraction of sp³-hybridized carbons (Fsp3) is 0.200.